The Bertz CT molecular complexity index is 104. The molecule has 0 aromatic carbocycles. The van der Waals surface area contributed by atoms with Crippen LogP contribution in [0.25, 0.3) is 0 Å². The third kappa shape index (κ3) is 3.02. The molecule has 0 unspecified atom stereocenters. The molecule has 0 bridgehead atoms. The van der Waals surface area contributed by atoms with E-state index in [1.54, 1.807) is 0 Å². The van der Waals surface area contributed by atoms with Crippen molar-refractivity contribution in [2.75, 3.05) is 11.5 Å². The summed E-state index contributed by atoms with van der Waals surface area (Å²) in [5, 5.41) is 0. The van der Waals surface area contributed by atoms with E-state index in [-0.39, 0.29) is 0 Å². The monoisotopic (exact) mass is 174 g/mol. The van der Waals surface area contributed by atoms with Crippen LogP contribution in [0, 0.1) is 0 Å². The van der Waals surface area contributed by atoms with E-state index >= 15 is 0 Å². The third-order valence-corrected chi connectivity index (χ3v) is 4.22. The normalized spacial score (nSPS) is 22.1. The third-order valence-electron chi connectivity index (χ3n) is 1.38. The van der Waals surface area contributed by atoms with E-state index in [1.807, 2.05) is 0 Å². The highest BCUT2D eigenvalue weighted by Gasteiger charge is 2.09. The molecule has 0 saturated carbocycles. The first-order valence-electron chi connectivity index (χ1n) is 3.83. The van der Waals surface area contributed by atoms with E-state index in [0.29, 0.717) is 0 Å². The molecule has 0 aliphatic carbocycles. The smallest absolute Gasteiger partial charge is 0.0682 e. The molecule has 0 N–H and O–H groups in total. The Kier molecular flexibility index (Phi) is 4.39. The van der Waals surface area contributed by atoms with Crippen molar-refractivity contribution in [2.45, 2.75) is 24.3 Å². The standard InChI is InChI=1S/C8H14S2/c1-2-3-5-8-9-6-4-7-10-8/h3,5,8H,2,4,6-7H2,1H3/b5-3+. The Morgan fingerprint density at radius 2 is 2.10 bits per heavy atom. The van der Waals surface area contributed by atoms with Gasteiger partial charge in [-0.2, -0.15) is 0 Å². The van der Waals surface area contributed by atoms with Crippen LogP contribution in [0.15, 0.2) is 12.2 Å². The number of thioether (sulfide) groups is 2. The van der Waals surface area contributed by atoms with E-state index in [2.05, 4.69) is 42.6 Å². The fourth-order valence-corrected chi connectivity index (χ4v) is 3.54. The molecule has 0 atom stereocenters. The van der Waals surface area contributed by atoms with Gasteiger partial charge in [0.25, 0.3) is 0 Å². The molecule has 0 aromatic rings. The molecule has 1 aliphatic heterocycles. The fraction of sp³-hybridized carbons (Fsp3) is 0.750. The molecule has 0 aromatic heterocycles. The predicted molar refractivity (Wildman–Crippen MR) is 52.8 cm³/mol. The van der Waals surface area contributed by atoms with Gasteiger partial charge in [0.2, 0.25) is 0 Å². The first-order chi connectivity index (χ1) is 4.93. The maximum atomic E-state index is 2.34. The topological polar surface area (TPSA) is 0 Å². The molecule has 0 radical (unpaired) electrons. The largest absolute Gasteiger partial charge is 0.143 e. The van der Waals surface area contributed by atoms with Crippen molar-refractivity contribution >= 4 is 23.5 Å². The van der Waals surface area contributed by atoms with Crippen LogP contribution < -0.4 is 0 Å². The second-order valence-corrected chi connectivity index (χ2v) is 5.10. The van der Waals surface area contributed by atoms with Crippen LogP contribution in [-0.4, -0.2) is 16.1 Å². The Hall–Kier alpha value is 0.440. The molecule has 1 aliphatic rings. The Morgan fingerprint density at radius 1 is 1.40 bits per heavy atom. The minimum absolute atomic E-state index is 0.758. The lowest BCUT2D eigenvalue weighted by Gasteiger charge is -2.16. The zero-order chi connectivity index (χ0) is 7.23. The summed E-state index contributed by atoms with van der Waals surface area (Å²) in [5.74, 6) is 2.71. The molecular weight excluding hydrogens is 160 g/mol. The minimum atomic E-state index is 0.758. The van der Waals surface area contributed by atoms with E-state index in [1.165, 1.54) is 24.3 Å². The van der Waals surface area contributed by atoms with E-state index in [4.69, 9.17) is 0 Å². The highest BCUT2D eigenvalue weighted by molar-refractivity contribution is 8.17. The first-order valence-corrected chi connectivity index (χ1v) is 5.93. The Balaban J connectivity index is 2.19. The SMILES string of the molecule is CC/C=C/C1SCCCS1. The van der Waals surface area contributed by atoms with Crippen molar-refractivity contribution in [1.82, 2.24) is 0 Å². The van der Waals surface area contributed by atoms with Gasteiger partial charge in [-0.25, -0.2) is 0 Å². The second-order valence-electron chi connectivity index (χ2n) is 2.30. The van der Waals surface area contributed by atoms with Gasteiger partial charge in [-0.1, -0.05) is 19.1 Å². The van der Waals surface area contributed by atoms with Gasteiger partial charge >= 0.3 is 0 Å². The van der Waals surface area contributed by atoms with Crippen LogP contribution >= 0.6 is 23.5 Å². The predicted octanol–water partition coefficient (Wildman–Crippen LogP) is 3.15. The van der Waals surface area contributed by atoms with Crippen molar-refractivity contribution < 1.29 is 0 Å². The highest BCUT2D eigenvalue weighted by atomic mass is 32.2. The molecule has 1 heterocycles. The molecule has 1 fully saturated rings. The number of allylic oxidation sites excluding steroid dienone is 1. The van der Waals surface area contributed by atoms with Crippen molar-refractivity contribution in [1.29, 1.82) is 0 Å². The molecule has 0 nitrogen and oxygen atoms in total. The minimum Gasteiger partial charge on any atom is -0.143 e. The average molecular weight is 174 g/mol. The van der Waals surface area contributed by atoms with Gasteiger partial charge < -0.3 is 0 Å². The van der Waals surface area contributed by atoms with Crippen molar-refractivity contribution in [3.63, 3.8) is 0 Å². The average Bonchev–Trinajstić information content (AvgIpc) is 2.03. The summed E-state index contributed by atoms with van der Waals surface area (Å²) in [6.45, 7) is 2.19. The fourth-order valence-electron chi connectivity index (χ4n) is 0.864. The van der Waals surface area contributed by atoms with Crippen LogP contribution in [0.2, 0.25) is 0 Å². The molecule has 1 saturated heterocycles. The Labute approximate surface area is 71.8 Å². The summed E-state index contributed by atoms with van der Waals surface area (Å²) in [7, 11) is 0. The maximum absolute atomic E-state index is 2.34. The molecular formula is C8H14S2. The molecule has 2 heteroatoms. The number of hydrogen-bond donors (Lipinski definition) is 0. The van der Waals surface area contributed by atoms with Gasteiger partial charge in [0.05, 0.1) is 4.58 Å². The van der Waals surface area contributed by atoms with Crippen molar-refractivity contribution in [2.24, 2.45) is 0 Å². The lowest BCUT2D eigenvalue weighted by Crippen LogP contribution is -2.02. The summed E-state index contributed by atoms with van der Waals surface area (Å²) in [6, 6.07) is 0. The van der Waals surface area contributed by atoms with Gasteiger partial charge in [0, 0.05) is 0 Å². The number of rotatable bonds is 2. The Morgan fingerprint density at radius 3 is 2.70 bits per heavy atom. The summed E-state index contributed by atoms with van der Waals surface area (Å²) >= 11 is 4.16. The van der Waals surface area contributed by atoms with Gasteiger partial charge in [0.15, 0.2) is 0 Å². The van der Waals surface area contributed by atoms with Gasteiger partial charge in [0.1, 0.15) is 0 Å². The lowest BCUT2D eigenvalue weighted by atomic mass is 10.4. The molecule has 1 rings (SSSR count). The lowest BCUT2D eigenvalue weighted by molar-refractivity contribution is 1.11. The van der Waals surface area contributed by atoms with E-state index < -0.39 is 0 Å². The summed E-state index contributed by atoms with van der Waals surface area (Å²) < 4.78 is 0.758. The van der Waals surface area contributed by atoms with E-state index in [9.17, 15) is 0 Å². The van der Waals surface area contributed by atoms with Gasteiger partial charge in [-0.15, -0.1) is 23.5 Å². The molecule has 0 amide bonds. The van der Waals surface area contributed by atoms with Crippen LogP contribution in [0.1, 0.15) is 19.8 Å². The van der Waals surface area contributed by atoms with Crippen LogP contribution in [-0.2, 0) is 0 Å². The zero-order valence-electron chi connectivity index (χ0n) is 6.38. The number of hydrogen-bond acceptors (Lipinski definition) is 2. The maximum Gasteiger partial charge on any atom is 0.0682 e. The van der Waals surface area contributed by atoms with E-state index in [0.717, 1.165) is 4.58 Å². The van der Waals surface area contributed by atoms with Crippen molar-refractivity contribution in [3.05, 3.63) is 12.2 Å². The molecule has 58 valence electrons. The van der Waals surface area contributed by atoms with Gasteiger partial charge in [-0.3, -0.25) is 0 Å². The second kappa shape index (κ2) is 5.14. The van der Waals surface area contributed by atoms with Crippen LogP contribution in [0.4, 0.5) is 0 Å². The highest BCUT2D eigenvalue weighted by Crippen LogP contribution is 2.31. The quantitative estimate of drug-likeness (QED) is 0.590. The molecule has 0 spiro atoms. The summed E-state index contributed by atoms with van der Waals surface area (Å²) in [6.07, 6.45) is 7.19. The summed E-state index contributed by atoms with van der Waals surface area (Å²) in [5.41, 5.74) is 0. The summed E-state index contributed by atoms with van der Waals surface area (Å²) in [4.78, 5) is 0. The first kappa shape index (κ1) is 8.54. The zero-order valence-corrected chi connectivity index (χ0v) is 8.01. The van der Waals surface area contributed by atoms with Crippen LogP contribution in [0.3, 0.4) is 0 Å². The van der Waals surface area contributed by atoms with Crippen LogP contribution in [0.5, 0.6) is 0 Å². The van der Waals surface area contributed by atoms with Gasteiger partial charge in [-0.05, 0) is 24.3 Å². The molecule has 10 heavy (non-hydrogen) atoms. The van der Waals surface area contributed by atoms with Crippen molar-refractivity contribution in [3.8, 4) is 0 Å².